The highest BCUT2D eigenvalue weighted by Crippen LogP contribution is 2.09. The lowest BCUT2D eigenvalue weighted by Crippen LogP contribution is -2.38. The van der Waals surface area contributed by atoms with Crippen molar-refractivity contribution in [1.29, 1.82) is 0 Å². The van der Waals surface area contributed by atoms with E-state index < -0.39 is 0 Å². The number of nitrogens with one attached hydrogen (secondary N) is 2. The topological polar surface area (TPSA) is 44.4 Å². The molecule has 1 amide bonds. The lowest BCUT2D eigenvalue weighted by molar-refractivity contribution is -0.120. The van der Waals surface area contributed by atoms with E-state index in [1.807, 2.05) is 0 Å². The Kier molecular flexibility index (Phi) is 7.28. The predicted molar refractivity (Wildman–Crippen MR) is 75.6 cm³/mol. The molecule has 0 radical (unpaired) electrons. The Morgan fingerprint density at radius 2 is 1.83 bits per heavy atom. The molecule has 0 bridgehead atoms. The van der Waals surface area contributed by atoms with Crippen molar-refractivity contribution in [3.05, 3.63) is 0 Å². The summed E-state index contributed by atoms with van der Waals surface area (Å²) >= 11 is 0. The summed E-state index contributed by atoms with van der Waals surface area (Å²) in [6.45, 7) is 12.2. The normalized spacial score (nSPS) is 18.2. The van der Waals surface area contributed by atoms with E-state index in [-0.39, 0.29) is 5.91 Å². The minimum absolute atomic E-state index is 0.108. The molecule has 1 atom stereocenters. The number of hydrogen-bond donors (Lipinski definition) is 2. The second kappa shape index (κ2) is 8.48. The number of likely N-dealkylation sites (tertiary alicyclic amines) is 1. The minimum atomic E-state index is 0.108. The molecule has 18 heavy (non-hydrogen) atoms. The largest absolute Gasteiger partial charge is 0.355 e. The zero-order valence-electron chi connectivity index (χ0n) is 12.2. The smallest absolute Gasteiger partial charge is 0.233 e. The highest BCUT2D eigenvalue weighted by molar-refractivity contribution is 5.77. The van der Waals surface area contributed by atoms with Gasteiger partial charge in [0.05, 0.1) is 6.54 Å². The van der Waals surface area contributed by atoms with Crippen molar-refractivity contribution in [1.82, 2.24) is 15.5 Å². The summed E-state index contributed by atoms with van der Waals surface area (Å²) < 4.78 is 0. The summed E-state index contributed by atoms with van der Waals surface area (Å²) in [4.78, 5) is 14.0. The first kappa shape index (κ1) is 15.4. The van der Waals surface area contributed by atoms with Crippen molar-refractivity contribution in [2.75, 3.05) is 39.3 Å². The van der Waals surface area contributed by atoms with Crippen molar-refractivity contribution in [3.8, 4) is 0 Å². The number of hydrogen-bond acceptors (Lipinski definition) is 3. The summed E-state index contributed by atoms with van der Waals surface area (Å²) in [5, 5.41) is 6.16. The Labute approximate surface area is 111 Å². The van der Waals surface area contributed by atoms with Crippen molar-refractivity contribution >= 4 is 5.91 Å². The van der Waals surface area contributed by atoms with Crippen LogP contribution < -0.4 is 10.6 Å². The molecule has 0 aliphatic carbocycles. The van der Waals surface area contributed by atoms with E-state index in [1.165, 1.54) is 25.9 Å². The molecular weight excluding hydrogens is 226 g/mol. The predicted octanol–water partition coefficient (Wildman–Crippen LogP) is 1.08. The van der Waals surface area contributed by atoms with E-state index in [0.717, 1.165) is 19.6 Å². The van der Waals surface area contributed by atoms with E-state index >= 15 is 0 Å². The van der Waals surface area contributed by atoms with Gasteiger partial charge in [0.15, 0.2) is 0 Å². The van der Waals surface area contributed by atoms with Crippen LogP contribution in [0.5, 0.6) is 0 Å². The number of rotatable bonds is 8. The molecule has 1 heterocycles. The Morgan fingerprint density at radius 1 is 1.17 bits per heavy atom. The Balaban J connectivity index is 2.00. The molecule has 0 aromatic carbocycles. The van der Waals surface area contributed by atoms with Crippen LogP contribution in [0, 0.1) is 11.8 Å². The van der Waals surface area contributed by atoms with Crippen molar-refractivity contribution < 1.29 is 4.79 Å². The van der Waals surface area contributed by atoms with Gasteiger partial charge in [-0.05, 0) is 44.3 Å². The molecule has 0 saturated carbocycles. The molecule has 0 aromatic heterocycles. The molecule has 4 heteroatoms. The highest BCUT2D eigenvalue weighted by atomic mass is 16.1. The van der Waals surface area contributed by atoms with Gasteiger partial charge in [-0.25, -0.2) is 0 Å². The van der Waals surface area contributed by atoms with Gasteiger partial charge in [0, 0.05) is 13.1 Å². The first-order valence-electron chi connectivity index (χ1n) is 7.27. The summed E-state index contributed by atoms with van der Waals surface area (Å²) in [6.07, 6.45) is 2.69. The van der Waals surface area contributed by atoms with Crippen LogP contribution in [0.15, 0.2) is 0 Å². The zero-order chi connectivity index (χ0) is 13.4. The molecule has 1 aliphatic rings. The van der Waals surface area contributed by atoms with Gasteiger partial charge in [-0.3, -0.25) is 4.79 Å². The lowest BCUT2D eigenvalue weighted by atomic mass is 10.1. The van der Waals surface area contributed by atoms with Crippen LogP contribution in [-0.4, -0.2) is 50.1 Å². The molecule has 1 fully saturated rings. The second-order valence-electron chi connectivity index (χ2n) is 5.94. The fraction of sp³-hybridized carbons (Fsp3) is 0.929. The minimum Gasteiger partial charge on any atom is -0.355 e. The average Bonchev–Trinajstić information content (AvgIpc) is 2.79. The van der Waals surface area contributed by atoms with E-state index in [9.17, 15) is 4.79 Å². The Morgan fingerprint density at radius 3 is 2.44 bits per heavy atom. The number of amides is 1. The second-order valence-corrected chi connectivity index (χ2v) is 5.94. The third-order valence-electron chi connectivity index (χ3n) is 3.25. The molecule has 0 aromatic rings. The SMILES string of the molecule is CC(C)CNC(=O)CNCC(C)CN1CCCC1. The fourth-order valence-electron chi connectivity index (χ4n) is 2.28. The quantitative estimate of drug-likeness (QED) is 0.682. The summed E-state index contributed by atoms with van der Waals surface area (Å²) in [5.41, 5.74) is 0. The molecule has 106 valence electrons. The molecule has 4 nitrogen and oxygen atoms in total. The Bertz CT molecular complexity index is 237. The summed E-state index contributed by atoms with van der Waals surface area (Å²) in [5.74, 6) is 1.24. The van der Waals surface area contributed by atoms with Crippen molar-refractivity contribution in [2.24, 2.45) is 11.8 Å². The molecule has 0 spiro atoms. The van der Waals surface area contributed by atoms with Crippen LogP contribution in [0.2, 0.25) is 0 Å². The molecule has 1 rings (SSSR count). The lowest BCUT2D eigenvalue weighted by Gasteiger charge is -2.20. The number of nitrogens with zero attached hydrogens (tertiary/aromatic N) is 1. The van der Waals surface area contributed by atoms with Gasteiger partial charge >= 0.3 is 0 Å². The van der Waals surface area contributed by atoms with Gasteiger partial charge in [-0.1, -0.05) is 20.8 Å². The van der Waals surface area contributed by atoms with Crippen LogP contribution in [0.4, 0.5) is 0 Å². The fourth-order valence-corrected chi connectivity index (χ4v) is 2.28. The van der Waals surface area contributed by atoms with E-state index in [1.54, 1.807) is 0 Å². The summed E-state index contributed by atoms with van der Waals surface area (Å²) in [7, 11) is 0. The number of carbonyl (C=O) groups is 1. The van der Waals surface area contributed by atoms with Crippen LogP contribution >= 0.6 is 0 Å². The maximum Gasteiger partial charge on any atom is 0.233 e. The average molecular weight is 255 g/mol. The van der Waals surface area contributed by atoms with Crippen LogP contribution in [0.1, 0.15) is 33.6 Å². The first-order chi connectivity index (χ1) is 8.58. The first-order valence-corrected chi connectivity index (χ1v) is 7.27. The van der Waals surface area contributed by atoms with E-state index in [4.69, 9.17) is 0 Å². The maximum atomic E-state index is 11.5. The molecule has 1 saturated heterocycles. The molecular formula is C14H29N3O. The van der Waals surface area contributed by atoms with Gasteiger partial charge in [-0.15, -0.1) is 0 Å². The Hall–Kier alpha value is -0.610. The third-order valence-corrected chi connectivity index (χ3v) is 3.25. The zero-order valence-corrected chi connectivity index (χ0v) is 12.2. The molecule has 1 aliphatic heterocycles. The highest BCUT2D eigenvalue weighted by Gasteiger charge is 2.14. The van der Waals surface area contributed by atoms with Gasteiger partial charge in [0.1, 0.15) is 0 Å². The van der Waals surface area contributed by atoms with Crippen LogP contribution in [-0.2, 0) is 4.79 Å². The van der Waals surface area contributed by atoms with E-state index in [0.29, 0.717) is 18.4 Å². The van der Waals surface area contributed by atoms with Crippen molar-refractivity contribution in [3.63, 3.8) is 0 Å². The molecule has 1 unspecified atom stereocenters. The third kappa shape index (κ3) is 6.97. The monoisotopic (exact) mass is 255 g/mol. The standard InChI is InChI=1S/C14H29N3O/c1-12(2)8-16-14(18)10-15-9-13(3)11-17-6-4-5-7-17/h12-13,15H,4-11H2,1-3H3,(H,16,18). The summed E-state index contributed by atoms with van der Waals surface area (Å²) in [6, 6.07) is 0. The van der Waals surface area contributed by atoms with Gasteiger partial charge in [-0.2, -0.15) is 0 Å². The van der Waals surface area contributed by atoms with Crippen LogP contribution in [0.3, 0.4) is 0 Å². The number of carbonyl (C=O) groups excluding carboxylic acids is 1. The molecule has 2 N–H and O–H groups in total. The van der Waals surface area contributed by atoms with Crippen LogP contribution in [0.25, 0.3) is 0 Å². The maximum absolute atomic E-state index is 11.5. The van der Waals surface area contributed by atoms with E-state index in [2.05, 4.69) is 36.3 Å². The van der Waals surface area contributed by atoms with Crippen molar-refractivity contribution in [2.45, 2.75) is 33.6 Å². The van der Waals surface area contributed by atoms with Gasteiger partial charge in [0.2, 0.25) is 5.91 Å². The van der Waals surface area contributed by atoms with Gasteiger partial charge < -0.3 is 15.5 Å². The van der Waals surface area contributed by atoms with Gasteiger partial charge in [0.25, 0.3) is 0 Å².